The summed E-state index contributed by atoms with van der Waals surface area (Å²) < 4.78 is 7.42. The average molecular weight is 395 g/mol. The van der Waals surface area contributed by atoms with Gasteiger partial charge in [0.1, 0.15) is 11.6 Å². The third-order valence-electron chi connectivity index (χ3n) is 4.78. The number of methoxy groups -OCH3 is 1. The van der Waals surface area contributed by atoms with Crippen LogP contribution in [0.25, 0.3) is 22.4 Å². The van der Waals surface area contributed by atoms with Crippen molar-refractivity contribution in [3.63, 3.8) is 0 Å². The fourth-order valence-corrected chi connectivity index (χ4v) is 4.13. The molecule has 0 saturated heterocycles. The molecule has 144 valence electrons. The van der Waals surface area contributed by atoms with Gasteiger partial charge < -0.3 is 9.30 Å². The SMILES string of the molecule is COc1cccc(-c2nc3cc(C4=NN(C(C)C)C(=O)SC4)ccc3n2C)c1. The standard InChI is InChI=1S/C21H22N4O2S/c1-13(2)25-21(26)28-12-18(23-25)14-8-9-19-17(11-14)22-20(24(19)3)15-6-5-7-16(10-15)27-4/h5-11,13H,12H2,1-4H3. The summed E-state index contributed by atoms with van der Waals surface area (Å²) in [4.78, 5) is 16.9. The lowest BCUT2D eigenvalue weighted by Crippen LogP contribution is -2.34. The highest BCUT2D eigenvalue weighted by atomic mass is 32.2. The van der Waals surface area contributed by atoms with Crippen molar-refractivity contribution in [2.45, 2.75) is 19.9 Å². The fourth-order valence-electron chi connectivity index (χ4n) is 3.26. The smallest absolute Gasteiger partial charge is 0.302 e. The number of carbonyl (C=O) groups is 1. The Kier molecular flexibility index (Phi) is 4.85. The van der Waals surface area contributed by atoms with Gasteiger partial charge in [-0.1, -0.05) is 30.0 Å². The summed E-state index contributed by atoms with van der Waals surface area (Å²) in [7, 11) is 3.67. The lowest BCUT2D eigenvalue weighted by molar-refractivity contribution is 0.211. The molecular formula is C21H22N4O2S. The van der Waals surface area contributed by atoms with Gasteiger partial charge in [0.05, 0.1) is 29.9 Å². The van der Waals surface area contributed by atoms with Crippen LogP contribution in [0.4, 0.5) is 4.79 Å². The molecule has 1 aliphatic heterocycles. The van der Waals surface area contributed by atoms with Gasteiger partial charge in [0.15, 0.2) is 0 Å². The molecule has 1 amide bonds. The largest absolute Gasteiger partial charge is 0.497 e. The number of hydrogen-bond acceptors (Lipinski definition) is 5. The molecule has 7 heteroatoms. The van der Waals surface area contributed by atoms with Crippen molar-refractivity contribution in [1.82, 2.24) is 14.6 Å². The van der Waals surface area contributed by atoms with Crippen LogP contribution in [0.5, 0.6) is 5.75 Å². The van der Waals surface area contributed by atoms with Crippen molar-refractivity contribution in [2.24, 2.45) is 12.1 Å². The van der Waals surface area contributed by atoms with Crippen molar-refractivity contribution in [1.29, 1.82) is 0 Å². The molecule has 1 aromatic heterocycles. The van der Waals surface area contributed by atoms with Crippen molar-refractivity contribution < 1.29 is 9.53 Å². The maximum Gasteiger partial charge on any atom is 0.302 e. The number of hydrogen-bond donors (Lipinski definition) is 0. The van der Waals surface area contributed by atoms with E-state index in [1.807, 2.05) is 57.3 Å². The number of imidazole rings is 1. The van der Waals surface area contributed by atoms with Gasteiger partial charge in [-0.25, -0.2) is 9.99 Å². The van der Waals surface area contributed by atoms with Gasteiger partial charge in [-0.2, -0.15) is 5.10 Å². The molecule has 0 radical (unpaired) electrons. The van der Waals surface area contributed by atoms with Crippen LogP contribution in [0, 0.1) is 0 Å². The van der Waals surface area contributed by atoms with Crippen molar-refractivity contribution >= 4 is 33.7 Å². The minimum absolute atomic E-state index is 0.00187. The van der Waals surface area contributed by atoms with E-state index in [1.165, 1.54) is 11.8 Å². The Morgan fingerprint density at radius 2 is 1.96 bits per heavy atom. The topological polar surface area (TPSA) is 59.7 Å². The Balaban J connectivity index is 1.76. The van der Waals surface area contributed by atoms with E-state index < -0.39 is 0 Å². The molecule has 2 aromatic carbocycles. The number of hydrazone groups is 1. The first-order chi connectivity index (χ1) is 13.5. The number of nitrogens with zero attached hydrogens (tertiary/aromatic N) is 4. The molecule has 6 nitrogen and oxygen atoms in total. The zero-order valence-electron chi connectivity index (χ0n) is 16.3. The van der Waals surface area contributed by atoms with Gasteiger partial charge in [-0.3, -0.25) is 4.79 Å². The third-order valence-corrected chi connectivity index (χ3v) is 5.63. The van der Waals surface area contributed by atoms with E-state index in [1.54, 1.807) is 12.1 Å². The van der Waals surface area contributed by atoms with E-state index in [-0.39, 0.29) is 11.3 Å². The number of ether oxygens (including phenoxy) is 1. The van der Waals surface area contributed by atoms with Crippen molar-refractivity contribution in [2.75, 3.05) is 12.9 Å². The van der Waals surface area contributed by atoms with Crippen molar-refractivity contribution in [3.05, 3.63) is 48.0 Å². The zero-order chi connectivity index (χ0) is 19.8. The first kappa shape index (κ1) is 18.6. The third kappa shape index (κ3) is 3.26. The quantitative estimate of drug-likeness (QED) is 0.652. The number of amides is 1. The monoisotopic (exact) mass is 394 g/mol. The fraction of sp³-hybridized carbons (Fsp3) is 0.286. The average Bonchev–Trinajstić information content (AvgIpc) is 3.04. The van der Waals surface area contributed by atoms with Gasteiger partial charge in [-0.05, 0) is 38.1 Å². The molecule has 0 N–H and O–H groups in total. The molecule has 0 spiro atoms. The lowest BCUT2D eigenvalue weighted by Gasteiger charge is -2.26. The highest BCUT2D eigenvalue weighted by Crippen LogP contribution is 2.28. The van der Waals surface area contributed by atoms with Gasteiger partial charge in [-0.15, -0.1) is 0 Å². The Morgan fingerprint density at radius 3 is 2.71 bits per heavy atom. The van der Waals surface area contributed by atoms with E-state index in [0.29, 0.717) is 5.75 Å². The second-order valence-corrected chi connectivity index (χ2v) is 7.90. The molecule has 0 bridgehead atoms. The molecule has 1 aliphatic rings. The summed E-state index contributed by atoms with van der Waals surface area (Å²) in [5.41, 5.74) is 4.84. The molecule has 0 saturated carbocycles. The predicted octanol–water partition coefficient (Wildman–Crippen LogP) is 4.53. The second kappa shape index (κ2) is 7.31. The minimum Gasteiger partial charge on any atom is -0.497 e. The van der Waals surface area contributed by atoms with Gasteiger partial charge >= 0.3 is 5.24 Å². The summed E-state index contributed by atoms with van der Waals surface area (Å²) >= 11 is 1.29. The Bertz CT molecular complexity index is 1090. The maximum absolute atomic E-state index is 12.0. The molecule has 0 unspecified atom stereocenters. The van der Waals surface area contributed by atoms with Crippen LogP contribution in [0.2, 0.25) is 0 Å². The van der Waals surface area contributed by atoms with Gasteiger partial charge in [0.2, 0.25) is 0 Å². The zero-order valence-corrected chi connectivity index (χ0v) is 17.2. The molecule has 3 aromatic rings. The highest BCUT2D eigenvalue weighted by molar-refractivity contribution is 8.14. The van der Waals surface area contributed by atoms with E-state index >= 15 is 0 Å². The van der Waals surface area contributed by atoms with Crippen LogP contribution in [0.15, 0.2) is 47.6 Å². The normalized spacial score (nSPS) is 14.7. The van der Waals surface area contributed by atoms with Crippen LogP contribution in [0.1, 0.15) is 19.4 Å². The number of rotatable bonds is 4. The number of thioether (sulfide) groups is 1. The summed E-state index contributed by atoms with van der Waals surface area (Å²) in [5, 5.41) is 6.13. The van der Waals surface area contributed by atoms with Crippen LogP contribution in [0.3, 0.4) is 0 Å². The van der Waals surface area contributed by atoms with E-state index in [4.69, 9.17) is 9.72 Å². The molecule has 0 atom stereocenters. The Hall–Kier alpha value is -2.80. The number of aryl methyl sites for hydroxylation is 1. The molecule has 0 aliphatic carbocycles. The predicted molar refractivity (Wildman–Crippen MR) is 114 cm³/mol. The van der Waals surface area contributed by atoms with Gasteiger partial charge in [0.25, 0.3) is 0 Å². The minimum atomic E-state index is -0.00187. The lowest BCUT2D eigenvalue weighted by atomic mass is 10.1. The Morgan fingerprint density at radius 1 is 1.14 bits per heavy atom. The molecule has 2 heterocycles. The summed E-state index contributed by atoms with van der Waals surface area (Å²) in [6.07, 6.45) is 0. The number of fused-ring (bicyclic) bond motifs is 1. The first-order valence-corrected chi connectivity index (χ1v) is 10.1. The van der Waals surface area contributed by atoms with Crippen LogP contribution >= 0.6 is 11.8 Å². The summed E-state index contributed by atoms with van der Waals surface area (Å²) in [6, 6.07) is 14.1. The molecule has 4 rings (SSSR count). The van der Waals surface area contributed by atoms with E-state index in [0.717, 1.165) is 39.4 Å². The molecular weight excluding hydrogens is 372 g/mol. The number of benzene rings is 2. The van der Waals surface area contributed by atoms with Crippen LogP contribution in [-0.2, 0) is 7.05 Å². The van der Waals surface area contributed by atoms with Crippen LogP contribution in [-0.4, -0.2) is 44.4 Å². The molecule has 0 fully saturated rings. The van der Waals surface area contributed by atoms with E-state index in [2.05, 4.69) is 15.7 Å². The summed E-state index contributed by atoms with van der Waals surface area (Å²) in [6.45, 7) is 3.93. The van der Waals surface area contributed by atoms with Crippen LogP contribution < -0.4 is 4.74 Å². The first-order valence-electron chi connectivity index (χ1n) is 9.12. The van der Waals surface area contributed by atoms with Crippen molar-refractivity contribution in [3.8, 4) is 17.1 Å². The van der Waals surface area contributed by atoms with E-state index in [9.17, 15) is 4.79 Å². The number of carbonyl (C=O) groups excluding carboxylic acids is 1. The number of aromatic nitrogens is 2. The molecule has 28 heavy (non-hydrogen) atoms. The van der Waals surface area contributed by atoms with Gasteiger partial charge in [0, 0.05) is 23.9 Å². The Labute approximate surface area is 168 Å². The highest BCUT2D eigenvalue weighted by Gasteiger charge is 2.24. The summed E-state index contributed by atoms with van der Waals surface area (Å²) in [5.74, 6) is 2.26. The second-order valence-electron chi connectivity index (χ2n) is 6.97. The maximum atomic E-state index is 12.0.